The molecule has 186 valence electrons. The topological polar surface area (TPSA) is 90.1 Å². The van der Waals surface area contributed by atoms with Gasteiger partial charge in [0, 0.05) is 35.1 Å². The summed E-state index contributed by atoms with van der Waals surface area (Å²) < 4.78 is 45.7. The summed E-state index contributed by atoms with van der Waals surface area (Å²) in [5.41, 5.74) is 3.37. The van der Waals surface area contributed by atoms with Crippen molar-refractivity contribution in [3.63, 3.8) is 0 Å². The van der Waals surface area contributed by atoms with Gasteiger partial charge in [0.15, 0.2) is 0 Å². The Labute approximate surface area is 208 Å². The number of hydrogen-bond acceptors (Lipinski definition) is 5. The predicted octanol–water partition coefficient (Wildman–Crippen LogP) is 6.00. The Hall–Kier alpha value is -4.73. The Kier molecular flexibility index (Phi) is 6.31. The molecule has 3 aromatic heterocycles. The number of carboxylic acid groups (broad SMARTS) is 1. The van der Waals surface area contributed by atoms with Crippen molar-refractivity contribution >= 4 is 16.9 Å². The molecule has 1 N–H and O–H groups in total. The molecule has 0 amide bonds. The molecule has 2 aromatic carbocycles. The van der Waals surface area contributed by atoms with Gasteiger partial charge in [-0.2, -0.15) is 18.3 Å². The van der Waals surface area contributed by atoms with Crippen LogP contribution in [0, 0.1) is 0 Å². The molecule has 0 saturated carbocycles. The summed E-state index contributed by atoms with van der Waals surface area (Å²) in [5.74, 6) is -0.574. The molecule has 0 saturated heterocycles. The first-order valence-corrected chi connectivity index (χ1v) is 11.2. The number of aromatic nitrogens is 4. The maximum Gasteiger partial charge on any atom is 0.408 e. The molecule has 0 spiro atoms. The van der Waals surface area contributed by atoms with E-state index in [-0.39, 0.29) is 12.2 Å². The lowest BCUT2D eigenvalue weighted by Crippen LogP contribution is -2.17. The van der Waals surface area contributed by atoms with Gasteiger partial charge in [0.25, 0.3) is 0 Å². The molecule has 5 rings (SSSR count). The molecule has 0 bridgehead atoms. The molecule has 5 aromatic rings. The highest BCUT2D eigenvalue weighted by Gasteiger charge is 2.29. The first-order valence-electron chi connectivity index (χ1n) is 11.2. The highest BCUT2D eigenvalue weighted by molar-refractivity contribution is 6.02. The van der Waals surface area contributed by atoms with E-state index in [1.807, 2.05) is 0 Å². The molecule has 0 aliphatic carbocycles. The zero-order valence-corrected chi connectivity index (χ0v) is 19.2. The zero-order chi connectivity index (χ0) is 26.0. The summed E-state index contributed by atoms with van der Waals surface area (Å²) in [7, 11) is 0. The Bertz CT molecular complexity index is 1570. The number of alkyl halides is 3. The number of nitrogens with zero attached hydrogens (tertiary/aromatic N) is 4. The van der Waals surface area contributed by atoms with Crippen molar-refractivity contribution in [2.45, 2.75) is 19.3 Å². The minimum Gasteiger partial charge on any atom is -0.487 e. The number of benzene rings is 2. The number of aromatic carboxylic acids is 1. The van der Waals surface area contributed by atoms with E-state index in [9.17, 15) is 23.1 Å². The molecule has 0 radical (unpaired) electrons. The minimum absolute atomic E-state index is 0.0347. The number of carboxylic acids is 1. The minimum atomic E-state index is -4.41. The normalized spacial score (nSPS) is 11.5. The van der Waals surface area contributed by atoms with E-state index in [1.165, 1.54) is 12.3 Å². The number of halogens is 3. The molecule has 0 atom stereocenters. The zero-order valence-electron chi connectivity index (χ0n) is 19.2. The van der Waals surface area contributed by atoms with Crippen LogP contribution in [0.3, 0.4) is 0 Å². The average molecular weight is 504 g/mol. The van der Waals surface area contributed by atoms with Gasteiger partial charge < -0.3 is 9.84 Å². The van der Waals surface area contributed by atoms with Gasteiger partial charge in [-0.1, -0.05) is 18.2 Å². The number of ether oxygens (including phenoxy) is 1. The third-order valence-corrected chi connectivity index (χ3v) is 5.61. The van der Waals surface area contributed by atoms with Gasteiger partial charge in [-0.05, 0) is 54.1 Å². The van der Waals surface area contributed by atoms with Crippen molar-refractivity contribution in [2.75, 3.05) is 0 Å². The summed E-state index contributed by atoms with van der Waals surface area (Å²) in [5, 5.41) is 14.3. The van der Waals surface area contributed by atoms with E-state index in [0.29, 0.717) is 44.7 Å². The van der Waals surface area contributed by atoms with E-state index < -0.39 is 18.7 Å². The van der Waals surface area contributed by atoms with Crippen LogP contribution < -0.4 is 4.74 Å². The Morgan fingerprint density at radius 2 is 1.70 bits per heavy atom. The third kappa shape index (κ3) is 5.43. The van der Waals surface area contributed by atoms with Gasteiger partial charge >= 0.3 is 12.1 Å². The fraction of sp³-hybridized carbons (Fsp3) is 0.111. The van der Waals surface area contributed by atoms with Crippen LogP contribution in [0.1, 0.15) is 16.1 Å². The van der Waals surface area contributed by atoms with Crippen molar-refractivity contribution in [3.8, 4) is 28.1 Å². The van der Waals surface area contributed by atoms with E-state index in [2.05, 4.69) is 15.1 Å². The number of carbonyl (C=O) groups is 1. The van der Waals surface area contributed by atoms with Crippen LogP contribution in [0.5, 0.6) is 5.75 Å². The molecule has 0 fully saturated rings. The van der Waals surface area contributed by atoms with Crippen molar-refractivity contribution in [1.82, 2.24) is 19.7 Å². The fourth-order valence-corrected chi connectivity index (χ4v) is 3.99. The van der Waals surface area contributed by atoms with Gasteiger partial charge in [-0.3, -0.25) is 9.67 Å². The van der Waals surface area contributed by atoms with Crippen molar-refractivity contribution < 1.29 is 27.8 Å². The lowest BCUT2D eigenvalue weighted by molar-refractivity contribution is -0.142. The van der Waals surface area contributed by atoms with E-state index >= 15 is 0 Å². The van der Waals surface area contributed by atoms with E-state index in [4.69, 9.17) is 4.74 Å². The predicted molar refractivity (Wildman–Crippen MR) is 130 cm³/mol. The maximum atomic E-state index is 13.0. The monoisotopic (exact) mass is 504 g/mol. The summed E-state index contributed by atoms with van der Waals surface area (Å²) >= 11 is 0. The summed E-state index contributed by atoms with van der Waals surface area (Å²) in [6.45, 7) is -1.17. The van der Waals surface area contributed by atoms with Gasteiger partial charge in [0.2, 0.25) is 0 Å². The number of fused-ring (bicyclic) bond motifs is 1. The van der Waals surface area contributed by atoms with Crippen molar-refractivity contribution in [2.24, 2.45) is 0 Å². The standard InChI is InChI=1S/C27H19F3N4O3/c28-27(29,30)16-34-14-23(17-9-11-31-12-10-17)25(33-34)18-5-7-20(8-6-18)37-15-19-13-22(26(35)36)21-3-1-2-4-24(21)32-19/h1-14H,15-16H2,(H,35,36). The average Bonchev–Trinajstić information content (AvgIpc) is 3.30. The maximum absolute atomic E-state index is 13.0. The smallest absolute Gasteiger partial charge is 0.408 e. The van der Waals surface area contributed by atoms with E-state index in [1.54, 1.807) is 73.1 Å². The van der Waals surface area contributed by atoms with Crippen molar-refractivity contribution in [3.05, 3.63) is 96.6 Å². The summed E-state index contributed by atoms with van der Waals surface area (Å²) in [6, 6.07) is 18.6. The molecule has 0 unspecified atom stereocenters. The van der Waals surface area contributed by atoms with E-state index in [0.717, 1.165) is 4.68 Å². The molecule has 0 aliphatic heterocycles. The molecule has 37 heavy (non-hydrogen) atoms. The van der Waals surface area contributed by atoms with Crippen LogP contribution >= 0.6 is 0 Å². The number of para-hydroxylation sites is 1. The molecular weight excluding hydrogens is 485 g/mol. The first kappa shape index (κ1) is 24.0. The Morgan fingerprint density at radius 1 is 0.973 bits per heavy atom. The lowest BCUT2D eigenvalue weighted by Gasteiger charge is -2.09. The number of rotatable bonds is 7. The van der Waals surface area contributed by atoms with Gasteiger partial charge in [0.05, 0.1) is 16.8 Å². The lowest BCUT2D eigenvalue weighted by atomic mass is 10.0. The quantitative estimate of drug-likeness (QED) is 0.292. The largest absolute Gasteiger partial charge is 0.487 e. The van der Waals surface area contributed by atoms with Gasteiger partial charge in [-0.15, -0.1) is 0 Å². The van der Waals surface area contributed by atoms with Gasteiger partial charge in [0.1, 0.15) is 24.6 Å². The molecule has 0 aliphatic rings. The SMILES string of the molecule is O=C(O)c1cc(COc2ccc(-c3nn(CC(F)(F)F)cc3-c3ccncc3)cc2)nc2ccccc12. The second-order valence-corrected chi connectivity index (χ2v) is 8.24. The first-order chi connectivity index (χ1) is 17.8. The van der Waals surface area contributed by atoms with Crippen molar-refractivity contribution in [1.29, 1.82) is 0 Å². The Balaban J connectivity index is 1.39. The molecular formula is C27H19F3N4O3. The van der Waals surface area contributed by atoms with Crippen LogP contribution in [0.4, 0.5) is 13.2 Å². The Morgan fingerprint density at radius 3 is 2.41 bits per heavy atom. The van der Waals surface area contributed by atoms with Crippen LogP contribution in [0.25, 0.3) is 33.3 Å². The fourth-order valence-electron chi connectivity index (χ4n) is 3.99. The van der Waals surface area contributed by atoms with Crippen LogP contribution in [-0.2, 0) is 13.2 Å². The highest BCUT2D eigenvalue weighted by atomic mass is 19.4. The van der Waals surface area contributed by atoms with Crippen LogP contribution in [0.15, 0.2) is 85.3 Å². The molecule has 7 nitrogen and oxygen atoms in total. The molecule has 10 heteroatoms. The van der Waals surface area contributed by atoms with Crippen LogP contribution in [-0.4, -0.2) is 37.0 Å². The highest BCUT2D eigenvalue weighted by Crippen LogP contribution is 2.33. The number of hydrogen-bond donors (Lipinski definition) is 1. The van der Waals surface area contributed by atoms with Crippen LogP contribution in [0.2, 0.25) is 0 Å². The summed E-state index contributed by atoms with van der Waals surface area (Å²) in [6.07, 6.45) is 0.0866. The van der Waals surface area contributed by atoms with Gasteiger partial charge in [-0.25, -0.2) is 9.78 Å². The number of pyridine rings is 2. The second kappa shape index (κ2) is 9.73. The molecule has 3 heterocycles. The summed E-state index contributed by atoms with van der Waals surface area (Å²) in [4.78, 5) is 20.1. The second-order valence-electron chi connectivity index (χ2n) is 8.24. The third-order valence-electron chi connectivity index (χ3n) is 5.61.